The molecule has 0 radical (unpaired) electrons. The molecule has 0 aliphatic rings. The first-order chi connectivity index (χ1) is 14.5. The molecular weight excluding hydrogens is 430 g/mol. The topological polar surface area (TPSA) is 116 Å². The molecule has 2 aromatic rings. The summed E-state index contributed by atoms with van der Waals surface area (Å²) in [4.78, 5) is 11.0. The van der Waals surface area contributed by atoms with Gasteiger partial charge in [0, 0.05) is 6.54 Å². The number of amides is 1. The number of carboxylic acid groups (broad SMARTS) is 1. The smallest absolute Gasteiger partial charge is 0.404 e. The Hall–Kier alpha value is -2.56. The lowest BCUT2D eigenvalue weighted by Crippen LogP contribution is -2.49. The number of hydrogen-bond donors (Lipinski definition) is 4. The number of carbonyl (C=O) groups is 1. The highest BCUT2D eigenvalue weighted by molar-refractivity contribution is 7.89. The molecule has 1 amide bonds. The standard InChI is InChI=1S/C21H26F2N2O5S/c1-13(2)9-15-11-17(23)7-8-20(15)31(29,30)24-12-19(26)18(25-21(27)28)10-14-3-5-16(22)6-4-14/h3-8,11,13,18-19,24-26H,9-10,12H2,1-2H3,(H,27,28)/t18-,19+/m0/s1. The van der Waals surface area contributed by atoms with Crippen molar-refractivity contribution in [3.63, 3.8) is 0 Å². The van der Waals surface area contributed by atoms with Crippen molar-refractivity contribution >= 4 is 16.1 Å². The lowest BCUT2D eigenvalue weighted by molar-refractivity contribution is 0.122. The molecule has 31 heavy (non-hydrogen) atoms. The van der Waals surface area contributed by atoms with Crippen molar-refractivity contribution in [3.8, 4) is 0 Å². The van der Waals surface area contributed by atoms with Crippen molar-refractivity contribution in [2.75, 3.05) is 6.54 Å². The number of halogens is 2. The third kappa shape index (κ3) is 7.57. The van der Waals surface area contributed by atoms with E-state index < -0.39 is 46.4 Å². The Bertz CT molecular complexity index is 997. The first-order valence-electron chi connectivity index (χ1n) is 9.68. The van der Waals surface area contributed by atoms with E-state index in [1.54, 1.807) is 0 Å². The molecule has 0 unspecified atom stereocenters. The molecule has 2 aromatic carbocycles. The summed E-state index contributed by atoms with van der Waals surface area (Å²) in [5, 5.41) is 21.7. The minimum atomic E-state index is -4.09. The molecule has 2 rings (SSSR count). The lowest BCUT2D eigenvalue weighted by atomic mass is 10.0. The molecule has 0 aromatic heterocycles. The molecule has 0 saturated heterocycles. The van der Waals surface area contributed by atoms with Gasteiger partial charge in [0.15, 0.2) is 0 Å². The highest BCUT2D eigenvalue weighted by Gasteiger charge is 2.25. The average molecular weight is 457 g/mol. The molecule has 0 bridgehead atoms. The third-order valence-electron chi connectivity index (χ3n) is 4.56. The molecule has 0 aliphatic carbocycles. The Labute approximate surface area is 180 Å². The van der Waals surface area contributed by atoms with Gasteiger partial charge in [0.2, 0.25) is 10.0 Å². The highest BCUT2D eigenvalue weighted by atomic mass is 32.2. The molecule has 0 aliphatic heterocycles. The van der Waals surface area contributed by atoms with Crippen molar-refractivity contribution in [2.24, 2.45) is 5.92 Å². The van der Waals surface area contributed by atoms with Crippen LogP contribution in [0, 0.1) is 17.6 Å². The zero-order chi connectivity index (χ0) is 23.2. The Balaban J connectivity index is 2.16. The summed E-state index contributed by atoms with van der Waals surface area (Å²) in [6.45, 7) is 3.26. The maximum atomic E-state index is 13.6. The van der Waals surface area contributed by atoms with Crippen LogP contribution in [-0.2, 0) is 22.9 Å². The molecule has 10 heteroatoms. The van der Waals surface area contributed by atoms with Crippen LogP contribution in [0.3, 0.4) is 0 Å². The van der Waals surface area contributed by atoms with E-state index in [-0.39, 0.29) is 17.2 Å². The molecular formula is C21H26F2N2O5S. The molecule has 0 fully saturated rings. The number of benzene rings is 2. The lowest BCUT2D eigenvalue weighted by Gasteiger charge is -2.23. The second kappa shape index (κ2) is 10.7. The van der Waals surface area contributed by atoms with Gasteiger partial charge in [-0.05, 0) is 60.2 Å². The zero-order valence-corrected chi connectivity index (χ0v) is 18.0. The first-order valence-corrected chi connectivity index (χ1v) is 11.2. The van der Waals surface area contributed by atoms with E-state index in [9.17, 15) is 27.1 Å². The maximum absolute atomic E-state index is 13.6. The number of nitrogens with one attached hydrogen (secondary N) is 2. The van der Waals surface area contributed by atoms with Gasteiger partial charge < -0.3 is 15.5 Å². The molecule has 0 saturated carbocycles. The van der Waals surface area contributed by atoms with Crippen LogP contribution in [0.2, 0.25) is 0 Å². The molecule has 0 heterocycles. The molecule has 7 nitrogen and oxygen atoms in total. The van der Waals surface area contributed by atoms with E-state index in [1.165, 1.54) is 24.3 Å². The van der Waals surface area contributed by atoms with Gasteiger partial charge in [-0.25, -0.2) is 26.7 Å². The van der Waals surface area contributed by atoms with Gasteiger partial charge in [0.05, 0.1) is 17.0 Å². The van der Waals surface area contributed by atoms with E-state index >= 15 is 0 Å². The fraction of sp³-hybridized carbons (Fsp3) is 0.381. The molecule has 4 N–H and O–H groups in total. The van der Waals surface area contributed by atoms with Crippen molar-refractivity contribution < 1.29 is 32.2 Å². The predicted molar refractivity (Wildman–Crippen MR) is 111 cm³/mol. The molecule has 0 spiro atoms. The van der Waals surface area contributed by atoms with Gasteiger partial charge >= 0.3 is 6.09 Å². The fourth-order valence-electron chi connectivity index (χ4n) is 3.14. The third-order valence-corrected chi connectivity index (χ3v) is 6.09. The summed E-state index contributed by atoms with van der Waals surface area (Å²) in [7, 11) is -4.09. The number of sulfonamides is 1. The Morgan fingerprint density at radius 1 is 1.03 bits per heavy atom. The summed E-state index contributed by atoms with van der Waals surface area (Å²) in [5.41, 5.74) is 0.864. The van der Waals surface area contributed by atoms with Crippen LogP contribution in [0.25, 0.3) is 0 Å². The summed E-state index contributed by atoms with van der Waals surface area (Å²) < 4.78 is 54.5. The van der Waals surface area contributed by atoms with Gasteiger partial charge in [0.25, 0.3) is 0 Å². The second-order valence-electron chi connectivity index (χ2n) is 7.66. The maximum Gasteiger partial charge on any atom is 0.404 e. The van der Waals surface area contributed by atoms with Crippen LogP contribution in [0.5, 0.6) is 0 Å². The SMILES string of the molecule is CC(C)Cc1cc(F)ccc1S(=O)(=O)NC[C@@H](O)[C@H](Cc1ccc(F)cc1)NC(=O)O. The Morgan fingerprint density at radius 2 is 1.65 bits per heavy atom. The molecule has 2 atom stereocenters. The highest BCUT2D eigenvalue weighted by Crippen LogP contribution is 2.20. The monoisotopic (exact) mass is 456 g/mol. The number of aliphatic hydroxyl groups excluding tert-OH is 1. The van der Waals surface area contributed by atoms with Gasteiger partial charge in [-0.2, -0.15) is 0 Å². The van der Waals surface area contributed by atoms with Crippen LogP contribution < -0.4 is 10.0 Å². The predicted octanol–water partition coefficient (Wildman–Crippen LogP) is 2.68. The minimum Gasteiger partial charge on any atom is -0.465 e. The summed E-state index contributed by atoms with van der Waals surface area (Å²) >= 11 is 0. The summed E-state index contributed by atoms with van der Waals surface area (Å²) in [6, 6.07) is 7.60. The average Bonchev–Trinajstić information content (AvgIpc) is 2.66. The fourth-order valence-corrected chi connectivity index (χ4v) is 4.42. The number of rotatable bonds is 10. The van der Waals surface area contributed by atoms with E-state index in [4.69, 9.17) is 5.11 Å². The molecule has 170 valence electrons. The van der Waals surface area contributed by atoms with E-state index in [2.05, 4.69) is 10.0 Å². The van der Waals surface area contributed by atoms with E-state index in [0.717, 1.165) is 18.2 Å². The van der Waals surface area contributed by atoms with Gasteiger partial charge in [-0.3, -0.25) is 0 Å². The van der Waals surface area contributed by atoms with Crippen LogP contribution in [0.15, 0.2) is 47.4 Å². The van der Waals surface area contributed by atoms with Gasteiger partial charge in [-0.1, -0.05) is 26.0 Å². The Kier molecular flexibility index (Phi) is 8.49. The Morgan fingerprint density at radius 3 is 2.23 bits per heavy atom. The van der Waals surface area contributed by atoms with Crippen molar-refractivity contribution in [3.05, 3.63) is 65.2 Å². The van der Waals surface area contributed by atoms with Crippen LogP contribution in [0.4, 0.5) is 13.6 Å². The quantitative estimate of drug-likeness (QED) is 0.439. The van der Waals surface area contributed by atoms with Crippen molar-refractivity contribution in [2.45, 2.75) is 43.7 Å². The minimum absolute atomic E-state index is 0.0185. The zero-order valence-electron chi connectivity index (χ0n) is 17.2. The first kappa shape index (κ1) is 24.7. The largest absolute Gasteiger partial charge is 0.465 e. The number of hydrogen-bond acceptors (Lipinski definition) is 4. The van der Waals surface area contributed by atoms with E-state index in [0.29, 0.717) is 17.5 Å². The van der Waals surface area contributed by atoms with Gasteiger partial charge in [-0.15, -0.1) is 0 Å². The second-order valence-corrected chi connectivity index (χ2v) is 9.39. The van der Waals surface area contributed by atoms with Crippen LogP contribution in [0.1, 0.15) is 25.0 Å². The van der Waals surface area contributed by atoms with E-state index in [1.807, 2.05) is 13.8 Å². The van der Waals surface area contributed by atoms with Crippen LogP contribution in [-0.4, -0.2) is 43.4 Å². The van der Waals surface area contributed by atoms with Crippen molar-refractivity contribution in [1.82, 2.24) is 10.0 Å². The number of aliphatic hydroxyl groups is 1. The summed E-state index contributed by atoms with van der Waals surface area (Å²) in [5.74, 6) is -0.933. The van der Waals surface area contributed by atoms with Crippen LogP contribution >= 0.6 is 0 Å². The normalized spacial score (nSPS) is 13.7. The van der Waals surface area contributed by atoms with Gasteiger partial charge in [0.1, 0.15) is 11.6 Å². The van der Waals surface area contributed by atoms with Crippen molar-refractivity contribution in [1.29, 1.82) is 0 Å². The summed E-state index contributed by atoms with van der Waals surface area (Å²) in [6.07, 6.45) is -2.45.